The van der Waals surface area contributed by atoms with E-state index in [2.05, 4.69) is 6.58 Å². The van der Waals surface area contributed by atoms with E-state index in [1.54, 1.807) is 0 Å². The molecule has 0 bridgehead atoms. The molecule has 0 fully saturated rings. The van der Waals surface area contributed by atoms with Gasteiger partial charge in [0, 0.05) is 17.4 Å². The molecule has 0 aliphatic carbocycles. The average Bonchev–Trinajstić information content (AvgIpc) is 2.73. The predicted octanol–water partition coefficient (Wildman–Crippen LogP) is 5.33. The second-order valence-electron chi connectivity index (χ2n) is 6.50. The van der Waals surface area contributed by atoms with Crippen molar-refractivity contribution in [2.75, 3.05) is 0 Å². The SMILES string of the molecule is C=C(C)C(=O)OP(O)(=S)OC(c1ccccc1)(c1ccccc1)c1ccccc1. The van der Waals surface area contributed by atoms with Crippen molar-refractivity contribution in [1.29, 1.82) is 0 Å². The van der Waals surface area contributed by atoms with Gasteiger partial charge in [0.2, 0.25) is 0 Å². The summed E-state index contributed by atoms with van der Waals surface area (Å²) in [4.78, 5) is 22.9. The summed E-state index contributed by atoms with van der Waals surface area (Å²) in [5.74, 6) is -0.793. The van der Waals surface area contributed by atoms with E-state index in [9.17, 15) is 9.69 Å². The van der Waals surface area contributed by atoms with Crippen molar-refractivity contribution in [3.63, 3.8) is 0 Å². The minimum absolute atomic E-state index is 0.126. The van der Waals surface area contributed by atoms with Crippen molar-refractivity contribution in [1.82, 2.24) is 0 Å². The van der Waals surface area contributed by atoms with Crippen LogP contribution in [0.1, 0.15) is 23.6 Å². The molecule has 0 spiro atoms. The lowest BCUT2D eigenvalue weighted by Crippen LogP contribution is -2.32. The summed E-state index contributed by atoms with van der Waals surface area (Å²) < 4.78 is 11.3. The zero-order chi connectivity index (χ0) is 20.9. The summed E-state index contributed by atoms with van der Waals surface area (Å²) in [6.45, 7) is 1.03. The molecule has 3 aromatic rings. The molecule has 6 heteroatoms. The van der Waals surface area contributed by atoms with Crippen molar-refractivity contribution < 1.29 is 18.7 Å². The van der Waals surface area contributed by atoms with E-state index in [-0.39, 0.29) is 5.57 Å². The molecule has 0 aliphatic rings. The van der Waals surface area contributed by atoms with Gasteiger partial charge >= 0.3 is 12.7 Å². The Morgan fingerprint density at radius 1 is 0.862 bits per heavy atom. The fraction of sp³-hybridized carbons (Fsp3) is 0.0870. The quantitative estimate of drug-likeness (QED) is 0.316. The Kier molecular flexibility index (Phi) is 6.46. The Hall–Kier alpha value is -2.56. The largest absolute Gasteiger partial charge is 0.388 e. The first kappa shape index (κ1) is 21.2. The van der Waals surface area contributed by atoms with Crippen molar-refractivity contribution >= 4 is 24.5 Å². The first-order valence-corrected chi connectivity index (χ1v) is 11.5. The molecule has 1 unspecified atom stereocenters. The maximum absolute atomic E-state index is 12.1. The maximum Gasteiger partial charge on any atom is 0.381 e. The number of hydrogen-bond donors (Lipinski definition) is 1. The lowest BCUT2D eigenvalue weighted by atomic mass is 9.80. The van der Waals surface area contributed by atoms with Gasteiger partial charge in [0.1, 0.15) is 0 Å². The molecule has 4 nitrogen and oxygen atoms in total. The Labute approximate surface area is 175 Å². The van der Waals surface area contributed by atoms with Gasteiger partial charge in [-0.3, -0.25) is 4.52 Å². The Morgan fingerprint density at radius 2 is 1.21 bits per heavy atom. The summed E-state index contributed by atoms with van der Waals surface area (Å²) in [6.07, 6.45) is 0. The second-order valence-corrected chi connectivity index (χ2v) is 9.18. The first-order valence-electron chi connectivity index (χ1n) is 8.95. The van der Waals surface area contributed by atoms with Gasteiger partial charge in [-0.05, 0) is 23.6 Å². The average molecular weight is 424 g/mol. The summed E-state index contributed by atoms with van der Waals surface area (Å²) in [5, 5.41) is 0. The molecule has 3 rings (SSSR count). The van der Waals surface area contributed by atoms with Crippen LogP contribution in [-0.2, 0) is 31.2 Å². The highest BCUT2D eigenvalue weighted by atomic mass is 32.5. The van der Waals surface area contributed by atoms with Crippen molar-refractivity contribution in [3.05, 3.63) is 120 Å². The van der Waals surface area contributed by atoms with Crippen LogP contribution < -0.4 is 0 Å². The third-order valence-corrected chi connectivity index (χ3v) is 5.69. The zero-order valence-electron chi connectivity index (χ0n) is 15.9. The molecule has 0 aromatic heterocycles. The van der Waals surface area contributed by atoms with E-state index in [4.69, 9.17) is 20.9 Å². The van der Waals surface area contributed by atoms with Crippen LogP contribution in [0.5, 0.6) is 0 Å². The molecule has 29 heavy (non-hydrogen) atoms. The smallest absolute Gasteiger partial charge is 0.381 e. The topological polar surface area (TPSA) is 55.8 Å². The molecule has 0 aliphatic heterocycles. The van der Waals surface area contributed by atoms with Crippen molar-refractivity contribution in [2.45, 2.75) is 12.5 Å². The van der Waals surface area contributed by atoms with E-state index < -0.39 is 18.3 Å². The summed E-state index contributed by atoms with van der Waals surface area (Å²) in [5.41, 5.74) is 1.08. The van der Waals surface area contributed by atoms with E-state index in [0.717, 1.165) is 16.7 Å². The van der Waals surface area contributed by atoms with Crippen LogP contribution in [0.2, 0.25) is 0 Å². The predicted molar refractivity (Wildman–Crippen MR) is 118 cm³/mol. The lowest BCUT2D eigenvalue weighted by molar-refractivity contribution is -0.131. The summed E-state index contributed by atoms with van der Waals surface area (Å²) in [6, 6.07) is 28.2. The number of hydrogen-bond acceptors (Lipinski definition) is 4. The number of benzene rings is 3. The highest BCUT2D eigenvalue weighted by Gasteiger charge is 2.43. The lowest BCUT2D eigenvalue weighted by Gasteiger charge is -2.37. The maximum atomic E-state index is 12.1. The third-order valence-electron chi connectivity index (χ3n) is 4.34. The van der Waals surface area contributed by atoms with Gasteiger partial charge in [-0.15, -0.1) is 0 Å². The standard InChI is InChI=1S/C23H21O4PS/c1-18(2)22(24)26-28(25,29)27-23(19-12-6-3-7-13-19,20-14-8-4-9-15-20)21-16-10-5-11-17-21/h3-17H,1H2,2H3,(H,25,29). The number of carbonyl (C=O) groups excluding carboxylic acids is 1. The number of rotatable bonds is 7. The van der Waals surface area contributed by atoms with Gasteiger partial charge in [-0.25, -0.2) is 4.79 Å². The second kappa shape index (κ2) is 8.85. The molecule has 3 aromatic carbocycles. The zero-order valence-corrected chi connectivity index (χ0v) is 17.6. The van der Waals surface area contributed by atoms with Crippen LogP contribution in [0.15, 0.2) is 103 Å². The van der Waals surface area contributed by atoms with Crippen LogP contribution in [0.4, 0.5) is 0 Å². The van der Waals surface area contributed by atoms with Crippen LogP contribution in [0.3, 0.4) is 0 Å². The normalized spacial score (nSPS) is 13.3. The molecule has 1 atom stereocenters. The van der Waals surface area contributed by atoms with Gasteiger partial charge in [0.05, 0.1) is 0 Å². The summed E-state index contributed by atoms with van der Waals surface area (Å²) >= 11 is 5.25. The number of carbonyl (C=O) groups is 1. The molecule has 0 radical (unpaired) electrons. The molecular formula is C23H21O4PS. The molecule has 0 amide bonds. The van der Waals surface area contributed by atoms with Crippen LogP contribution >= 0.6 is 6.72 Å². The molecule has 0 saturated heterocycles. The van der Waals surface area contributed by atoms with Gasteiger partial charge in [0.15, 0.2) is 5.60 Å². The Morgan fingerprint density at radius 3 is 1.52 bits per heavy atom. The first-order chi connectivity index (χ1) is 13.8. The molecule has 0 heterocycles. The van der Waals surface area contributed by atoms with Crippen LogP contribution in [-0.4, -0.2) is 10.9 Å². The van der Waals surface area contributed by atoms with Gasteiger partial charge in [-0.2, -0.15) is 0 Å². The Bertz CT molecular complexity index is 940. The van der Waals surface area contributed by atoms with Crippen molar-refractivity contribution in [3.8, 4) is 0 Å². The third kappa shape index (κ3) is 4.72. The van der Waals surface area contributed by atoms with Gasteiger partial charge in [-0.1, -0.05) is 97.6 Å². The van der Waals surface area contributed by atoms with Crippen molar-refractivity contribution in [2.24, 2.45) is 0 Å². The highest BCUT2D eigenvalue weighted by molar-refractivity contribution is 8.07. The van der Waals surface area contributed by atoms with Crippen LogP contribution in [0, 0.1) is 0 Å². The molecule has 0 saturated carbocycles. The highest BCUT2D eigenvalue weighted by Crippen LogP contribution is 2.55. The minimum atomic E-state index is -4.00. The van der Waals surface area contributed by atoms with Gasteiger partial charge < -0.3 is 9.42 Å². The fourth-order valence-electron chi connectivity index (χ4n) is 3.05. The monoisotopic (exact) mass is 424 g/mol. The van der Waals surface area contributed by atoms with Gasteiger partial charge in [0.25, 0.3) is 0 Å². The van der Waals surface area contributed by atoms with E-state index in [1.807, 2.05) is 91.0 Å². The molecular weight excluding hydrogens is 403 g/mol. The summed E-state index contributed by atoms with van der Waals surface area (Å²) in [7, 11) is 0. The van der Waals surface area contributed by atoms with E-state index in [0.29, 0.717) is 0 Å². The minimum Gasteiger partial charge on any atom is -0.388 e. The van der Waals surface area contributed by atoms with Crippen LogP contribution in [0.25, 0.3) is 0 Å². The molecule has 1 N–H and O–H groups in total. The fourth-order valence-corrected chi connectivity index (χ4v) is 4.65. The van der Waals surface area contributed by atoms with E-state index >= 15 is 0 Å². The van der Waals surface area contributed by atoms with E-state index in [1.165, 1.54) is 6.92 Å². The molecule has 148 valence electrons. The Balaban J connectivity index is 2.24.